The number of ether oxygens (including phenoxy) is 1. The Morgan fingerprint density at radius 1 is 1.45 bits per heavy atom. The van der Waals surface area contributed by atoms with E-state index in [9.17, 15) is 9.59 Å². The molecule has 5 nitrogen and oxygen atoms in total. The Bertz CT molecular complexity index is 562. The summed E-state index contributed by atoms with van der Waals surface area (Å²) in [6.07, 6.45) is 2.08. The molecule has 1 aromatic rings. The van der Waals surface area contributed by atoms with Crippen LogP contribution in [0.4, 0.5) is 0 Å². The fourth-order valence-corrected chi connectivity index (χ4v) is 3.01. The number of halogens is 1. The van der Waals surface area contributed by atoms with Crippen LogP contribution in [0, 0.1) is 5.92 Å². The van der Waals surface area contributed by atoms with Crippen molar-refractivity contribution in [2.45, 2.75) is 19.3 Å². The molecule has 0 radical (unpaired) electrons. The Morgan fingerprint density at radius 3 is 2.91 bits per heavy atom. The predicted molar refractivity (Wildman–Crippen MR) is 85.3 cm³/mol. The van der Waals surface area contributed by atoms with Gasteiger partial charge in [0.15, 0.2) is 5.78 Å². The van der Waals surface area contributed by atoms with Crippen molar-refractivity contribution in [2.75, 3.05) is 26.7 Å². The summed E-state index contributed by atoms with van der Waals surface area (Å²) in [7, 11) is 1.54. The molecule has 120 valence electrons. The third-order valence-electron chi connectivity index (χ3n) is 3.98. The van der Waals surface area contributed by atoms with E-state index in [1.165, 1.54) is 0 Å². The van der Waals surface area contributed by atoms with Crippen LogP contribution in [0.25, 0.3) is 0 Å². The van der Waals surface area contributed by atoms with Gasteiger partial charge in [-0.25, -0.2) is 0 Å². The van der Waals surface area contributed by atoms with Crippen LogP contribution in [0.3, 0.4) is 0 Å². The van der Waals surface area contributed by atoms with E-state index in [1.807, 2.05) is 0 Å². The average Bonchev–Trinajstić information content (AvgIpc) is 2.52. The summed E-state index contributed by atoms with van der Waals surface area (Å²) in [6.45, 7) is 2.14. The van der Waals surface area contributed by atoms with E-state index in [-0.39, 0.29) is 17.6 Å². The van der Waals surface area contributed by atoms with Gasteiger partial charge in [0.2, 0.25) is 5.91 Å². The molecule has 1 aliphatic heterocycles. The van der Waals surface area contributed by atoms with Crippen molar-refractivity contribution in [2.24, 2.45) is 11.7 Å². The third-order valence-corrected chi connectivity index (χ3v) is 4.21. The minimum Gasteiger partial charge on any atom is -0.496 e. The van der Waals surface area contributed by atoms with Crippen molar-refractivity contribution in [1.82, 2.24) is 4.90 Å². The molecule has 1 aromatic carbocycles. The van der Waals surface area contributed by atoms with E-state index in [2.05, 4.69) is 4.90 Å². The van der Waals surface area contributed by atoms with Gasteiger partial charge in [-0.1, -0.05) is 11.6 Å². The summed E-state index contributed by atoms with van der Waals surface area (Å²) in [4.78, 5) is 25.8. The van der Waals surface area contributed by atoms with Gasteiger partial charge >= 0.3 is 0 Å². The summed E-state index contributed by atoms with van der Waals surface area (Å²) in [5, 5.41) is 0.519. The van der Waals surface area contributed by atoms with Crippen LogP contribution in [-0.2, 0) is 4.79 Å². The number of methoxy groups -OCH3 is 1. The van der Waals surface area contributed by atoms with Crippen molar-refractivity contribution in [3.05, 3.63) is 28.8 Å². The highest BCUT2D eigenvalue weighted by Crippen LogP contribution is 2.28. The maximum atomic E-state index is 12.8. The molecule has 22 heavy (non-hydrogen) atoms. The Labute approximate surface area is 135 Å². The zero-order valence-electron chi connectivity index (χ0n) is 12.7. The molecule has 1 fully saturated rings. The average molecular weight is 325 g/mol. The molecule has 1 amide bonds. The number of nitrogens with zero attached hydrogens (tertiary/aromatic N) is 1. The number of nitrogens with two attached hydrogens (primary N) is 1. The summed E-state index contributed by atoms with van der Waals surface area (Å²) in [6, 6.07) is 5.07. The fourth-order valence-electron chi connectivity index (χ4n) is 2.83. The minimum atomic E-state index is -0.315. The smallest absolute Gasteiger partial charge is 0.218 e. The molecule has 6 heteroatoms. The van der Waals surface area contributed by atoms with E-state index in [1.54, 1.807) is 25.3 Å². The molecule has 1 saturated heterocycles. The van der Waals surface area contributed by atoms with Crippen LogP contribution in [0.2, 0.25) is 5.02 Å². The Balaban J connectivity index is 2.08. The summed E-state index contributed by atoms with van der Waals surface area (Å²) >= 11 is 6.00. The Morgan fingerprint density at radius 2 is 2.23 bits per heavy atom. The number of primary amides is 1. The lowest BCUT2D eigenvalue weighted by atomic mass is 9.89. The standard InChI is InChI=1S/C16H21ClN2O3/c1-22-14-5-4-12(17)9-13(14)16(21)11-3-2-7-19(10-11)8-6-15(18)20/h4-5,9,11H,2-3,6-8,10H2,1H3,(H2,18,20)/t11-/m0/s1. The van der Waals surface area contributed by atoms with Crippen molar-refractivity contribution in [3.63, 3.8) is 0 Å². The maximum absolute atomic E-state index is 12.8. The van der Waals surface area contributed by atoms with Gasteiger partial charge in [-0.2, -0.15) is 0 Å². The SMILES string of the molecule is COc1ccc(Cl)cc1C(=O)[C@H]1CCCN(CCC(N)=O)C1. The first kappa shape index (κ1) is 16.8. The predicted octanol–water partition coefficient (Wildman–Crippen LogP) is 2.12. The van der Waals surface area contributed by atoms with Gasteiger partial charge in [0.25, 0.3) is 0 Å². The molecule has 2 rings (SSSR count). The molecule has 0 aromatic heterocycles. The normalized spacial score (nSPS) is 18.9. The van der Waals surface area contributed by atoms with E-state index in [0.717, 1.165) is 19.4 Å². The van der Waals surface area contributed by atoms with Gasteiger partial charge in [0.1, 0.15) is 5.75 Å². The number of carbonyl (C=O) groups is 2. The van der Waals surface area contributed by atoms with Crippen LogP contribution >= 0.6 is 11.6 Å². The van der Waals surface area contributed by atoms with Crippen LogP contribution in [0.15, 0.2) is 18.2 Å². The molecule has 0 aliphatic carbocycles. The highest BCUT2D eigenvalue weighted by Gasteiger charge is 2.28. The molecule has 1 heterocycles. The van der Waals surface area contributed by atoms with Gasteiger partial charge in [-0.15, -0.1) is 0 Å². The maximum Gasteiger partial charge on any atom is 0.218 e. The van der Waals surface area contributed by atoms with E-state index in [0.29, 0.717) is 35.8 Å². The van der Waals surface area contributed by atoms with Gasteiger partial charge in [-0.05, 0) is 37.6 Å². The van der Waals surface area contributed by atoms with Crippen molar-refractivity contribution >= 4 is 23.3 Å². The molecule has 2 N–H and O–H groups in total. The number of piperidine rings is 1. The first-order valence-electron chi connectivity index (χ1n) is 7.39. The summed E-state index contributed by atoms with van der Waals surface area (Å²) in [5.74, 6) is 0.172. The minimum absolute atomic E-state index is 0.0446. The number of carbonyl (C=O) groups excluding carboxylic acids is 2. The van der Waals surface area contributed by atoms with Crippen molar-refractivity contribution in [3.8, 4) is 5.75 Å². The lowest BCUT2D eigenvalue weighted by molar-refractivity contribution is -0.118. The highest BCUT2D eigenvalue weighted by molar-refractivity contribution is 6.31. The Kier molecular flexibility index (Phi) is 5.80. The summed E-state index contributed by atoms with van der Waals surface area (Å²) in [5.41, 5.74) is 5.71. The van der Waals surface area contributed by atoms with Crippen molar-refractivity contribution in [1.29, 1.82) is 0 Å². The molecule has 0 unspecified atom stereocenters. The molecular formula is C16H21ClN2O3. The number of benzene rings is 1. The number of ketones is 1. The van der Waals surface area contributed by atoms with E-state index >= 15 is 0 Å². The lowest BCUT2D eigenvalue weighted by Gasteiger charge is -2.31. The number of rotatable bonds is 6. The van der Waals surface area contributed by atoms with Crippen LogP contribution in [0.5, 0.6) is 5.75 Å². The quantitative estimate of drug-likeness (QED) is 0.813. The lowest BCUT2D eigenvalue weighted by Crippen LogP contribution is -2.40. The molecular weight excluding hydrogens is 304 g/mol. The third kappa shape index (κ3) is 4.21. The second-order valence-electron chi connectivity index (χ2n) is 5.56. The number of hydrogen-bond acceptors (Lipinski definition) is 4. The monoisotopic (exact) mass is 324 g/mol. The number of likely N-dealkylation sites (tertiary alicyclic amines) is 1. The molecule has 0 spiro atoms. The largest absolute Gasteiger partial charge is 0.496 e. The molecule has 0 bridgehead atoms. The Hall–Kier alpha value is -1.59. The van der Waals surface area contributed by atoms with Gasteiger partial charge in [0, 0.05) is 30.5 Å². The summed E-state index contributed by atoms with van der Waals surface area (Å²) < 4.78 is 5.26. The topological polar surface area (TPSA) is 72.6 Å². The molecule has 1 atom stereocenters. The zero-order chi connectivity index (χ0) is 16.1. The van der Waals surface area contributed by atoms with Crippen LogP contribution < -0.4 is 10.5 Å². The molecule has 0 saturated carbocycles. The van der Waals surface area contributed by atoms with Gasteiger partial charge in [-0.3, -0.25) is 9.59 Å². The first-order valence-corrected chi connectivity index (χ1v) is 7.77. The highest BCUT2D eigenvalue weighted by atomic mass is 35.5. The van der Waals surface area contributed by atoms with Crippen LogP contribution in [0.1, 0.15) is 29.6 Å². The molecule has 1 aliphatic rings. The van der Waals surface area contributed by atoms with Gasteiger partial charge in [0.05, 0.1) is 12.7 Å². The van der Waals surface area contributed by atoms with Gasteiger partial charge < -0.3 is 15.4 Å². The fraction of sp³-hybridized carbons (Fsp3) is 0.500. The number of hydrogen-bond donors (Lipinski definition) is 1. The number of amides is 1. The van der Waals surface area contributed by atoms with E-state index in [4.69, 9.17) is 22.1 Å². The number of Topliss-reactive ketones (excluding diaryl/α,β-unsaturated/α-hetero) is 1. The first-order chi connectivity index (χ1) is 10.5. The second-order valence-corrected chi connectivity index (χ2v) is 6.00. The van der Waals surface area contributed by atoms with Crippen molar-refractivity contribution < 1.29 is 14.3 Å². The zero-order valence-corrected chi connectivity index (χ0v) is 13.4. The second kappa shape index (κ2) is 7.61. The van der Waals surface area contributed by atoms with Crippen LogP contribution in [-0.4, -0.2) is 43.3 Å². The van der Waals surface area contributed by atoms with E-state index < -0.39 is 0 Å².